The van der Waals surface area contributed by atoms with Crippen molar-refractivity contribution in [1.29, 1.82) is 0 Å². The lowest BCUT2D eigenvalue weighted by Gasteiger charge is -2.41. The second-order valence-corrected chi connectivity index (χ2v) is 9.54. The number of para-hydroxylation sites is 1. The zero-order chi connectivity index (χ0) is 22.3. The monoisotopic (exact) mass is 454 g/mol. The largest absolute Gasteiger partial charge is 0.301 e. The highest BCUT2D eigenvalue weighted by Crippen LogP contribution is 2.60. The molecule has 8 nitrogen and oxygen atoms in total. The molecule has 4 rings (SSSR count). The second-order valence-electron chi connectivity index (χ2n) is 6.94. The van der Waals surface area contributed by atoms with E-state index in [9.17, 15) is 19.7 Å². The predicted octanol–water partition coefficient (Wildman–Crippen LogP) is 4.74. The molecule has 0 radical (unpaired) electrons. The number of carbonyl (C=O) groups excluding carboxylic acids is 2. The number of nitrogens with zero attached hydrogens (tertiary/aromatic N) is 4. The molecule has 0 aliphatic carbocycles. The van der Waals surface area contributed by atoms with Gasteiger partial charge in [-0.3, -0.25) is 19.7 Å². The third-order valence-corrected chi connectivity index (χ3v) is 7.90. The number of hydrogen-bond donors (Lipinski definition) is 0. The van der Waals surface area contributed by atoms with Crippen LogP contribution in [0.2, 0.25) is 0 Å². The van der Waals surface area contributed by atoms with Gasteiger partial charge in [-0.05, 0) is 49.9 Å². The summed E-state index contributed by atoms with van der Waals surface area (Å²) in [6, 6.07) is 15.5. The van der Waals surface area contributed by atoms with Gasteiger partial charge in [0.25, 0.3) is 5.69 Å². The highest BCUT2D eigenvalue weighted by atomic mass is 32.2. The van der Waals surface area contributed by atoms with Crippen molar-refractivity contribution in [1.82, 2.24) is 0 Å². The van der Waals surface area contributed by atoms with Gasteiger partial charge >= 0.3 is 0 Å². The Balaban J connectivity index is 1.89. The molecule has 31 heavy (non-hydrogen) atoms. The van der Waals surface area contributed by atoms with Crippen molar-refractivity contribution in [2.75, 3.05) is 9.91 Å². The number of non-ortho nitro benzene ring substituents is 1. The van der Waals surface area contributed by atoms with E-state index in [1.54, 1.807) is 17.1 Å². The van der Waals surface area contributed by atoms with Gasteiger partial charge in [0.2, 0.25) is 4.33 Å². The van der Waals surface area contributed by atoms with E-state index >= 15 is 0 Å². The van der Waals surface area contributed by atoms with Crippen molar-refractivity contribution in [3.63, 3.8) is 0 Å². The fraction of sp³-hybridized carbons (Fsp3) is 0.190. The first-order valence-electron chi connectivity index (χ1n) is 9.34. The molecule has 2 aliphatic rings. The molecule has 10 heteroatoms. The van der Waals surface area contributed by atoms with Crippen molar-refractivity contribution in [3.05, 3.63) is 75.3 Å². The van der Waals surface area contributed by atoms with Gasteiger partial charge in [-0.2, -0.15) is 5.10 Å². The molecule has 2 aromatic rings. The van der Waals surface area contributed by atoms with E-state index in [2.05, 4.69) is 5.10 Å². The van der Waals surface area contributed by atoms with E-state index in [0.717, 1.165) is 11.4 Å². The quantitative estimate of drug-likeness (QED) is 0.472. The summed E-state index contributed by atoms with van der Waals surface area (Å²) in [5.74, 6) is -0.280. The van der Waals surface area contributed by atoms with Crippen LogP contribution in [0.4, 0.5) is 17.1 Å². The van der Waals surface area contributed by atoms with Gasteiger partial charge in [0.05, 0.1) is 15.5 Å². The molecule has 0 amide bonds. The third-order valence-electron chi connectivity index (χ3n) is 4.81. The SMILES string of the molecule is CC(=O)C1=NN(c2ccc([N+](=O)[O-])cc2)[C@]2(S1)SC(C(C)=O)=C(C)N2c1ccccc1. The van der Waals surface area contributed by atoms with E-state index in [0.29, 0.717) is 15.6 Å². The average molecular weight is 455 g/mol. The Morgan fingerprint density at radius 1 is 0.968 bits per heavy atom. The molecule has 1 atom stereocenters. The van der Waals surface area contributed by atoms with E-state index < -0.39 is 9.25 Å². The summed E-state index contributed by atoms with van der Waals surface area (Å²) in [7, 11) is 0. The Hall–Kier alpha value is -3.11. The van der Waals surface area contributed by atoms with E-state index in [-0.39, 0.29) is 17.3 Å². The number of allylic oxidation sites excluding steroid dienone is 2. The van der Waals surface area contributed by atoms with Gasteiger partial charge in [0.1, 0.15) is 0 Å². The predicted molar refractivity (Wildman–Crippen MR) is 124 cm³/mol. The van der Waals surface area contributed by atoms with E-state index in [4.69, 9.17) is 0 Å². The number of ketones is 2. The maximum absolute atomic E-state index is 12.4. The van der Waals surface area contributed by atoms with Crippen LogP contribution >= 0.6 is 23.5 Å². The zero-order valence-electron chi connectivity index (χ0n) is 16.9. The Labute approximate surface area is 187 Å². The van der Waals surface area contributed by atoms with Crippen molar-refractivity contribution < 1.29 is 14.5 Å². The number of hydrogen-bond acceptors (Lipinski definition) is 9. The third kappa shape index (κ3) is 3.51. The second kappa shape index (κ2) is 7.86. The molecule has 2 aromatic carbocycles. The number of benzene rings is 2. The molecular formula is C21H18N4O4S2. The molecule has 0 bridgehead atoms. The molecule has 0 saturated carbocycles. The normalized spacial score (nSPS) is 20.4. The van der Waals surface area contributed by atoms with Crippen LogP contribution in [-0.2, 0) is 9.59 Å². The Morgan fingerprint density at radius 2 is 1.61 bits per heavy atom. The number of carbonyl (C=O) groups is 2. The van der Waals surface area contributed by atoms with Gasteiger partial charge in [0, 0.05) is 30.4 Å². The Kier molecular flexibility index (Phi) is 5.36. The molecule has 2 aliphatic heterocycles. The van der Waals surface area contributed by atoms with Crippen LogP contribution in [0, 0.1) is 10.1 Å². The topological polar surface area (TPSA) is 96.1 Å². The summed E-state index contributed by atoms with van der Waals surface area (Å²) in [5, 5.41) is 17.6. The number of nitro groups is 1. The summed E-state index contributed by atoms with van der Waals surface area (Å²) < 4.78 is -0.996. The maximum atomic E-state index is 12.4. The van der Waals surface area contributed by atoms with Gasteiger partial charge in [0.15, 0.2) is 16.6 Å². The molecule has 0 N–H and O–H groups in total. The fourth-order valence-electron chi connectivity index (χ4n) is 3.45. The van der Waals surface area contributed by atoms with Crippen molar-refractivity contribution in [2.24, 2.45) is 5.10 Å². The van der Waals surface area contributed by atoms with E-state index in [1.165, 1.54) is 49.5 Å². The van der Waals surface area contributed by atoms with Crippen LogP contribution in [0.15, 0.2) is 70.3 Å². The molecule has 158 valence electrons. The van der Waals surface area contributed by atoms with Crippen molar-refractivity contribution in [3.8, 4) is 0 Å². The summed E-state index contributed by atoms with van der Waals surface area (Å²) in [6.07, 6.45) is 0. The summed E-state index contributed by atoms with van der Waals surface area (Å²) >= 11 is 2.58. The molecule has 1 spiro atoms. The van der Waals surface area contributed by atoms with Gasteiger partial charge in [-0.15, -0.1) is 0 Å². The molecular weight excluding hydrogens is 436 g/mol. The van der Waals surface area contributed by atoms with Gasteiger partial charge < -0.3 is 4.90 Å². The lowest BCUT2D eigenvalue weighted by atomic mass is 10.2. The van der Waals surface area contributed by atoms with Crippen molar-refractivity contribution in [2.45, 2.75) is 25.1 Å². The lowest BCUT2D eigenvalue weighted by Crippen LogP contribution is -2.49. The van der Waals surface area contributed by atoms with Crippen LogP contribution in [0.3, 0.4) is 0 Å². The number of thioether (sulfide) groups is 2. The maximum Gasteiger partial charge on any atom is 0.269 e. The molecule has 2 heterocycles. The minimum absolute atomic E-state index is 0.0434. The number of rotatable bonds is 5. The van der Waals surface area contributed by atoms with E-state index in [1.807, 2.05) is 42.2 Å². The highest BCUT2D eigenvalue weighted by molar-refractivity contribution is 8.29. The van der Waals surface area contributed by atoms with Gasteiger partial charge in [-0.25, -0.2) is 5.01 Å². The van der Waals surface area contributed by atoms with Crippen LogP contribution in [0.1, 0.15) is 20.8 Å². The summed E-state index contributed by atoms with van der Waals surface area (Å²) in [6.45, 7) is 4.82. The van der Waals surface area contributed by atoms with Crippen LogP contribution in [0.5, 0.6) is 0 Å². The molecule has 0 fully saturated rings. The fourth-order valence-corrected chi connectivity index (χ4v) is 6.41. The zero-order valence-corrected chi connectivity index (χ0v) is 18.6. The first-order chi connectivity index (χ1) is 14.7. The smallest absolute Gasteiger partial charge is 0.269 e. The number of anilines is 2. The average Bonchev–Trinajstić information content (AvgIpc) is 3.27. The molecule has 0 saturated heterocycles. The van der Waals surface area contributed by atoms with Crippen LogP contribution in [0.25, 0.3) is 0 Å². The first-order valence-corrected chi connectivity index (χ1v) is 11.0. The summed E-state index contributed by atoms with van der Waals surface area (Å²) in [4.78, 5) is 37.9. The first kappa shape index (κ1) is 21.1. The molecule has 0 aromatic heterocycles. The summed E-state index contributed by atoms with van der Waals surface area (Å²) in [5.41, 5.74) is 2.12. The minimum Gasteiger partial charge on any atom is -0.301 e. The Morgan fingerprint density at radius 3 is 2.16 bits per heavy atom. The Bertz CT molecular complexity index is 1150. The molecule has 0 unspecified atom stereocenters. The highest BCUT2D eigenvalue weighted by Gasteiger charge is 2.57. The lowest BCUT2D eigenvalue weighted by molar-refractivity contribution is -0.384. The van der Waals surface area contributed by atoms with Crippen LogP contribution < -0.4 is 9.91 Å². The van der Waals surface area contributed by atoms with Crippen molar-refractivity contribution >= 4 is 57.2 Å². The van der Waals surface area contributed by atoms with Crippen LogP contribution in [-0.4, -0.2) is 25.9 Å². The number of hydrazone groups is 1. The number of nitro benzene ring substituents is 1. The minimum atomic E-state index is -0.996. The number of Topliss-reactive ketones (excluding diaryl/α,β-unsaturated/α-hetero) is 2. The van der Waals surface area contributed by atoms with Gasteiger partial charge in [-0.1, -0.05) is 30.0 Å². The standard InChI is InChI=1S/C21H18N4O4S2/c1-13-19(14(2)26)30-21(23(13)16-7-5-4-6-8-16)24(22-20(31-21)15(3)27)17-9-11-18(12-10-17)25(28)29/h4-12H,1-3H3/t21-/m0/s1.